The van der Waals surface area contributed by atoms with E-state index in [1.165, 1.54) is 0 Å². The zero-order valence-electron chi connectivity index (χ0n) is 11.1. The lowest BCUT2D eigenvalue weighted by Gasteiger charge is -2.11. The molecule has 0 aliphatic heterocycles. The lowest BCUT2D eigenvalue weighted by atomic mass is 9.94. The monoisotopic (exact) mass is 262 g/mol. The average Bonchev–Trinajstić information content (AvgIpc) is 2.34. The highest BCUT2D eigenvalue weighted by Crippen LogP contribution is 2.19. The van der Waals surface area contributed by atoms with Crippen LogP contribution in [0.2, 0.25) is 0 Å². The molecule has 0 unspecified atom stereocenters. The van der Waals surface area contributed by atoms with Crippen molar-refractivity contribution >= 4 is 11.9 Å². The minimum atomic E-state index is -1.16. The second-order valence-corrected chi connectivity index (χ2v) is 4.83. The lowest BCUT2D eigenvalue weighted by Crippen LogP contribution is -2.15. The molecular weight excluding hydrogens is 244 g/mol. The third kappa shape index (κ3) is 4.58. The number of carbonyl (C=O) groups is 2. The van der Waals surface area contributed by atoms with Crippen LogP contribution in [0, 0.1) is 5.92 Å². The van der Waals surface area contributed by atoms with E-state index in [1.54, 1.807) is 24.3 Å². The lowest BCUT2D eigenvalue weighted by molar-refractivity contribution is -0.136. The summed E-state index contributed by atoms with van der Waals surface area (Å²) in [6.45, 7) is 3.73. The van der Waals surface area contributed by atoms with Crippen molar-refractivity contribution in [1.29, 1.82) is 0 Å². The number of carboxylic acid groups (broad SMARTS) is 2. The highest BCUT2D eigenvalue weighted by molar-refractivity contribution is 5.99. The summed E-state index contributed by atoms with van der Waals surface area (Å²) >= 11 is 0. The summed E-state index contributed by atoms with van der Waals surface area (Å²) in [7, 11) is 0. The van der Waals surface area contributed by atoms with E-state index < -0.39 is 11.9 Å². The molecule has 0 fully saturated rings. The topological polar surface area (TPSA) is 74.6 Å². The van der Waals surface area contributed by atoms with Gasteiger partial charge in [-0.15, -0.1) is 0 Å². The molecule has 1 aromatic rings. The Morgan fingerprint density at radius 1 is 1.00 bits per heavy atom. The summed E-state index contributed by atoms with van der Waals surface area (Å²) in [6, 6.07) is 9.02. The predicted octanol–water partition coefficient (Wildman–Crippen LogP) is 2.74. The van der Waals surface area contributed by atoms with E-state index in [2.05, 4.69) is 0 Å². The van der Waals surface area contributed by atoms with Crippen molar-refractivity contribution < 1.29 is 19.8 Å². The number of benzene rings is 1. The van der Waals surface area contributed by atoms with Crippen LogP contribution in [0.25, 0.3) is 0 Å². The maximum atomic E-state index is 11.3. The van der Waals surface area contributed by atoms with E-state index in [0.29, 0.717) is 0 Å². The third-order valence-electron chi connectivity index (χ3n) is 2.72. The number of carboxylic acids is 2. The molecule has 0 aliphatic carbocycles. The van der Waals surface area contributed by atoms with Gasteiger partial charge >= 0.3 is 11.9 Å². The summed E-state index contributed by atoms with van der Waals surface area (Å²) in [4.78, 5) is 22.6. The SMILES string of the molecule is CC(C)C/C(C(=O)O)=C(/Cc1ccccc1)C(=O)O. The van der Waals surface area contributed by atoms with Crippen molar-refractivity contribution in [3.63, 3.8) is 0 Å². The van der Waals surface area contributed by atoms with Crippen molar-refractivity contribution in [2.45, 2.75) is 26.7 Å². The van der Waals surface area contributed by atoms with Crippen LogP contribution < -0.4 is 0 Å². The summed E-state index contributed by atoms with van der Waals surface area (Å²) in [6.07, 6.45) is 0.383. The van der Waals surface area contributed by atoms with E-state index in [0.717, 1.165) is 5.56 Å². The standard InChI is InChI=1S/C15H18O4/c1-10(2)8-12(14(16)17)13(15(18)19)9-11-6-4-3-5-7-11/h3-7,10H,8-9H2,1-2H3,(H,16,17)(H,18,19)/b13-12+. The highest BCUT2D eigenvalue weighted by Gasteiger charge is 2.21. The molecule has 0 radical (unpaired) electrons. The minimum Gasteiger partial charge on any atom is -0.478 e. The summed E-state index contributed by atoms with van der Waals surface area (Å²) in [5.41, 5.74) is 0.751. The Balaban J connectivity index is 3.15. The van der Waals surface area contributed by atoms with Gasteiger partial charge in [0.15, 0.2) is 0 Å². The zero-order chi connectivity index (χ0) is 14.4. The molecule has 0 saturated carbocycles. The number of aliphatic carboxylic acids is 2. The van der Waals surface area contributed by atoms with Crippen molar-refractivity contribution in [3.8, 4) is 0 Å². The number of rotatable bonds is 6. The molecule has 1 aromatic carbocycles. The van der Waals surface area contributed by atoms with Crippen LogP contribution in [0.4, 0.5) is 0 Å². The first-order valence-corrected chi connectivity index (χ1v) is 6.14. The van der Waals surface area contributed by atoms with Gasteiger partial charge in [0.2, 0.25) is 0 Å². The second-order valence-electron chi connectivity index (χ2n) is 4.83. The van der Waals surface area contributed by atoms with Gasteiger partial charge in [-0.05, 0) is 17.9 Å². The molecule has 0 bridgehead atoms. The Kier molecular flexibility index (Phi) is 5.30. The van der Waals surface area contributed by atoms with Crippen molar-refractivity contribution in [1.82, 2.24) is 0 Å². The molecule has 0 aliphatic rings. The van der Waals surface area contributed by atoms with Gasteiger partial charge < -0.3 is 10.2 Å². The first kappa shape index (κ1) is 15.0. The molecule has 0 saturated heterocycles. The molecule has 0 aromatic heterocycles. The Hall–Kier alpha value is -2.10. The van der Waals surface area contributed by atoms with Gasteiger partial charge in [0.1, 0.15) is 0 Å². The minimum absolute atomic E-state index is 0.00801. The largest absolute Gasteiger partial charge is 0.478 e. The molecule has 0 amide bonds. The smallest absolute Gasteiger partial charge is 0.332 e. The van der Waals surface area contributed by atoms with E-state index in [4.69, 9.17) is 0 Å². The van der Waals surface area contributed by atoms with Crippen LogP contribution in [0.15, 0.2) is 41.5 Å². The normalized spacial score (nSPS) is 12.2. The van der Waals surface area contributed by atoms with Gasteiger partial charge in [-0.2, -0.15) is 0 Å². The van der Waals surface area contributed by atoms with Gasteiger partial charge in [-0.25, -0.2) is 9.59 Å². The van der Waals surface area contributed by atoms with Crippen LogP contribution in [-0.2, 0) is 16.0 Å². The molecular formula is C15H18O4. The van der Waals surface area contributed by atoms with Gasteiger partial charge in [0, 0.05) is 12.0 Å². The Labute approximate surface area is 112 Å². The highest BCUT2D eigenvalue weighted by atomic mass is 16.4. The maximum absolute atomic E-state index is 11.3. The fraction of sp³-hybridized carbons (Fsp3) is 0.333. The Morgan fingerprint density at radius 2 is 1.53 bits per heavy atom. The fourth-order valence-corrected chi connectivity index (χ4v) is 1.86. The predicted molar refractivity (Wildman–Crippen MR) is 71.9 cm³/mol. The summed E-state index contributed by atoms with van der Waals surface area (Å²) < 4.78 is 0. The van der Waals surface area contributed by atoms with E-state index in [1.807, 2.05) is 19.9 Å². The number of hydrogen-bond acceptors (Lipinski definition) is 2. The Morgan fingerprint density at radius 3 is 1.95 bits per heavy atom. The molecule has 4 nitrogen and oxygen atoms in total. The Bertz CT molecular complexity index is 486. The zero-order valence-corrected chi connectivity index (χ0v) is 11.1. The molecule has 0 spiro atoms. The molecule has 4 heteroatoms. The molecule has 102 valence electrons. The quantitative estimate of drug-likeness (QED) is 0.773. The van der Waals surface area contributed by atoms with Gasteiger partial charge in [-0.1, -0.05) is 44.2 Å². The van der Waals surface area contributed by atoms with Crippen LogP contribution in [0.1, 0.15) is 25.8 Å². The van der Waals surface area contributed by atoms with Crippen LogP contribution in [0.5, 0.6) is 0 Å². The van der Waals surface area contributed by atoms with Crippen LogP contribution in [-0.4, -0.2) is 22.2 Å². The molecule has 2 N–H and O–H groups in total. The van der Waals surface area contributed by atoms with Gasteiger partial charge in [0.05, 0.1) is 5.57 Å². The summed E-state index contributed by atoms with van der Waals surface area (Å²) in [5, 5.41) is 18.4. The molecule has 1 rings (SSSR count). The van der Waals surface area contributed by atoms with Crippen molar-refractivity contribution in [2.24, 2.45) is 5.92 Å². The van der Waals surface area contributed by atoms with Gasteiger partial charge in [0.25, 0.3) is 0 Å². The average molecular weight is 262 g/mol. The molecule has 0 heterocycles. The fourth-order valence-electron chi connectivity index (χ4n) is 1.86. The maximum Gasteiger partial charge on any atom is 0.332 e. The first-order valence-electron chi connectivity index (χ1n) is 6.14. The van der Waals surface area contributed by atoms with E-state index >= 15 is 0 Å². The number of hydrogen-bond donors (Lipinski definition) is 2. The van der Waals surface area contributed by atoms with Crippen LogP contribution >= 0.6 is 0 Å². The van der Waals surface area contributed by atoms with E-state index in [-0.39, 0.29) is 29.9 Å². The molecule has 0 atom stereocenters. The van der Waals surface area contributed by atoms with Gasteiger partial charge in [-0.3, -0.25) is 0 Å². The van der Waals surface area contributed by atoms with Crippen molar-refractivity contribution in [3.05, 3.63) is 47.0 Å². The first-order chi connectivity index (χ1) is 8.91. The second kappa shape index (κ2) is 6.73. The summed E-state index contributed by atoms with van der Waals surface area (Å²) in [5.74, 6) is -2.22. The van der Waals surface area contributed by atoms with Crippen molar-refractivity contribution in [2.75, 3.05) is 0 Å². The van der Waals surface area contributed by atoms with Crippen LogP contribution in [0.3, 0.4) is 0 Å². The third-order valence-corrected chi connectivity index (χ3v) is 2.72. The van der Waals surface area contributed by atoms with E-state index in [9.17, 15) is 19.8 Å². The molecule has 19 heavy (non-hydrogen) atoms.